The molecule has 1 heterocycles. The van der Waals surface area contributed by atoms with Gasteiger partial charge in [-0.05, 0) is 26.2 Å². The molecule has 0 aromatic rings. The fraction of sp³-hybridized carbons (Fsp3) is 0.769. The smallest absolute Gasteiger partial charge is 0.317 e. The van der Waals surface area contributed by atoms with Crippen molar-refractivity contribution < 1.29 is 4.79 Å². The summed E-state index contributed by atoms with van der Waals surface area (Å²) < 4.78 is 0. The molecule has 1 aliphatic heterocycles. The molecule has 3 heteroatoms. The minimum Gasteiger partial charge on any atom is -0.335 e. The Hall–Kier alpha value is -0.990. The monoisotopic (exact) mass is 222 g/mol. The molecule has 0 bridgehead atoms. The Morgan fingerprint density at radius 2 is 2.12 bits per heavy atom. The van der Waals surface area contributed by atoms with Crippen LogP contribution < -0.4 is 5.32 Å². The maximum atomic E-state index is 12.0. The van der Waals surface area contributed by atoms with Gasteiger partial charge in [0.1, 0.15) is 0 Å². The first kappa shape index (κ1) is 11.5. The molecule has 0 spiro atoms. The first-order valence-electron chi connectivity index (χ1n) is 6.47. The number of urea groups is 1. The predicted molar refractivity (Wildman–Crippen MR) is 65.4 cm³/mol. The molecule has 16 heavy (non-hydrogen) atoms. The number of rotatable bonds is 1. The molecule has 0 radical (unpaired) electrons. The molecular formula is C13H22N2O. The summed E-state index contributed by atoms with van der Waals surface area (Å²) in [5.74, 6) is 0. The summed E-state index contributed by atoms with van der Waals surface area (Å²) in [5.41, 5.74) is 1.40. The van der Waals surface area contributed by atoms with Gasteiger partial charge in [-0.25, -0.2) is 4.79 Å². The molecule has 0 aromatic carbocycles. The van der Waals surface area contributed by atoms with Gasteiger partial charge < -0.3 is 10.2 Å². The largest absolute Gasteiger partial charge is 0.335 e. The van der Waals surface area contributed by atoms with Crippen LogP contribution >= 0.6 is 0 Å². The zero-order valence-electron chi connectivity index (χ0n) is 10.2. The van der Waals surface area contributed by atoms with Crippen LogP contribution in [0.15, 0.2) is 11.6 Å². The van der Waals surface area contributed by atoms with Gasteiger partial charge in [-0.2, -0.15) is 0 Å². The number of carbonyl (C=O) groups is 1. The van der Waals surface area contributed by atoms with Gasteiger partial charge in [0.05, 0.1) is 0 Å². The summed E-state index contributed by atoms with van der Waals surface area (Å²) in [6.45, 7) is 3.79. The lowest BCUT2D eigenvalue weighted by Crippen LogP contribution is -2.46. The predicted octanol–water partition coefficient (Wildman–Crippen LogP) is 2.68. The highest BCUT2D eigenvalue weighted by atomic mass is 16.2. The fourth-order valence-electron chi connectivity index (χ4n) is 2.47. The quantitative estimate of drug-likeness (QED) is 0.680. The average molecular weight is 222 g/mol. The molecule has 1 fully saturated rings. The van der Waals surface area contributed by atoms with Crippen molar-refractivity contribution in [1.82, 2.24) is 10.2 Å². The Balaban J connectivity index is 1.79. The number of nitrogens with zero attached hydrogens (tertiary/aromatic N) is 1. The van der Waals surface area contributed by atoms with Crippen LogP contribution in [0, 0.1) is 0 Å². The van der Waals surface area contributed by atoms with Gasteiger partial charge in [0.2, 0.25) is 0 Å². The van der Waals surface area contributed by atoms with E-state index in [1.165, 1.54) is 24.8 Å². The first-order chi connectivity index (χ1) is 7.75. The van der Waals surface area contributed by atoms with Crippen molar-refractivity contribution in [3.05, 3.63) is 11.6 Å². The maximum Gasteiger partial charge on any atom is 0.317 e. The molecule has 2 amide bonds. The molecule has 0 unspecified atom stereocenters. The van der Waals surface area contributed by atoms with Crippen LogP contribution in [0.3, 0.4) is 0 Å². The highest BCUT2D eigenvalue weighted by Crippen LogP contribution is 2.18. The number of carbonyl (C=O) groups excluding carboxylic acids is 1. The second-order valence-electron chi connectivity index (χ2n) is 5.03. The highest BCUT2D eigenvalue weighted by Gasteiger charge is 2.20. The lowest BCUT2D eigenvalue weighted by atomic mass is 9.96. The van der Waals surface area contributed by atoms with Crippen LogP contribution in [0.4, 0.5) is 4.79 Å². The molecule has 2 rings (SSSR count). The fourth-order valence-corrected chi connectivity index (χ4v) is 2.47. The van der Waals surface area contributed by atoms with Gasteiger partial charge in [-0.1, -0.05) is 30.9 Å². The van der Waals surface area contributed by atoms with Crippen molar-refractivity contribution in [2.24, 2.45) is 0 Å². The van der Waals surface area contributed by atoms with E-state index in [0.717, 1.165) is 32.4 Å². The van der Waals surface area contributed by atoms with Crippen LogP contribution in [0.25, 0.3) is 0 Å². The molecule has 1 saturated carbocycles. The first-order valence-corrected chi connectivity index (χ1v) is 6.47. The van der Waals surface area contributed by atoms with Gasteiger partial charge in [-0.3, -0.25) is 0 Å². The molecule has 90 valence electrons. The van der Waals surface area contributed by atoms with E-state index < -0.39 is 0 Å². The van der Waals surface area contributed by atoms with Gasteiger partial charge in [-0.15, -0.1) is 0 Å². The zero-order valence-corrected chi connectivity index (χ0v) is 10.2. The van der Waals surface area contributed by atoms with Crippen molar-refractivity contribution in [1.29, 1.82) is 0 Å². The number of amides is 2. The van der Waals surface area contributed by atoms with Gasteiger partial charge in [0.15, 0.2) is 0 Å². The standard InChI is InChI=1S/C13H22N2O/c1-11-7-9-15(10-8-11)13(16)14-12-5-3-2-4-6-12/h7,12H,2-6,8-10H2,1H3,(H,14,16). The van der Waals surface area contributed by atoms with E-state index in [4.69, 9.17) is 0 Å². The Morgan fingerprint density at radius 1 is 1.38 bits per heavy atom. The Labute approximate surface area is 97.9 Å². The Morgan fingerprint density at radius 3 is 2.75 bits per heavy atom. The second-order valence-corrected chi connectivity index (χ2v) is 5.03. The van der Waals surface area contributed by atoms with E-state index in [0.29, 0.717) is 6.04 Å². The van der Waals surface area contributed by atoms with Crippen LogP contribution in [0.5, 0.6) is 0 Å². The summed E-state index contributed by atoms with van der Waals surface area (Å²) >= 11 is 0. The Bertz CT molecular complexity index is 280. The number of nitrogens with one attached hydrogen (secondary N) is 1. The molecule has 0 saturated heterocycles. The summed E-state index contributed by atoms with van der Waals surface area (Å²) in [6.07, 6.45) is 9.37. The minimum atomic E-state index is 0.135. The van der Waals surface area contributed by atoms with Crippen molar-refractivity contribution in [2.45, 2.75) is 51.5 Å². The SMILES string of the molecule is CC1=CCN(C(=O)NC2CCCCC2)CC1. The molecule has 2 aliphatic rings. The van der Waals surface area contributed by atoms with E-state index in [2.05, 4.69) is 18.3 Å². The summed E-state index contributed by atoms with van der Waals surface area (Å²) in [6, 6.07) is 0.559. The summed E-state index contributed by atoms with van der Waals surface area (Å²) in [7, 11) is 0. The summed E-state index contributed by atoms with van der Waals surface area (Å²) in [5, 5.41) is 3.16. The van der Waals surface area contributed by atoms with Crippen molar-refractivity contribution in [3.63, 3.8) is 0 Å². The third kappa shape index (κ3) is 3.00. The zero-order chi connectivity index (χ0) is 11.4. The van der Waals surface area contributed by atoms with E-state index in [1.807, 2.05) is 4.90 Å². The van der Waals surface area contributed by atoms with E-state index in [-0.39, 0.29) is 6.03 Å². The van der Waals surface area contributed by atoms with E-state index >= 15 is 0 Å². The van der Waals surface area contributed by atoms with E-state index in [9.17, 15) is 4.79 Å². The van der Waals surface area contributed by atoms with Crippen molar-refractivity contribution >= 4 is 6.03 Å². The lowest BCUT2D eigenvalue weighted by Gasteiger charge is -2.29. The van der Waals surface area contributed by atoms with Crippen molar-refractivity contribution in [2.75, 3.05) is 13.1 Å². The minimum absolute atomic E-state index is 0.135. The molecule has 1 N–H and O–H groups in total. The average Bonchev–Trinajstić information content (AvgIpc) is 2.31. The van der Waals surface area contributed by atoms with Gasteiger partial charge >= 0.3 is 6.03 Å². The van der Waals surface area contributed by atoms with E-state index in [1.54, 1.807) is 0 Å². The van der Waals surface area contributed by atoms with Crippen LogP contribution in [-0.2, 0) is 0 Å². The third-order valence-electron chi connectivity index (χ3n) is 3.66. The molecule has 0 aromatic heterocycles. The summed E-state index contributed by atoms with van der Waals surface area (Å²) in [4.78, 5) is 13.9. The topological polar surface area (TPSA) is 32.3 Å². The maximum absolute atomic E-state index is 12.0. The third-order valence-corrected chi connectivity index (χ3v) is 3.66. The molecule has 0 atom stereocenters. The second kappa shape index (κ2) is 5.37. The molecule has 3 nitrogen and oxygen atoms in total. The molecular weight excluding hydrogens is 200 g/mol. The van der Waals surface area contributed by atoms with Gasteiger partial charge in [0.25, 0.3) is 0 Å². The van der Waals surface area contributed by atoms with Crippen LogP contribution in [0.1, 0.15) is 45.4 Å². The number of hydrogen-bond donors (Lipinski definition) is 1. The normalized spacial score (nSPS) is 22.8. The highest BCUT2D eigenvalue weighted by molar-refractivity contribution is 5.75. The van der Waals surface area contributed by atoms with Crippen molar-refractivity contribution in [3.8, 4) is 0 Å². The molecule has 1 aliphatic carbocycles. The van der Waals surface area contributed by atoms with Crippen LogP contribution in [-0.4, -0.2) is 30.1 Å². The number of hydrogen-bond acceptors (Lipinski definition) is 1. The lowest BCUT2D eigenvalue weighted by molar-refractivity contribution is 0.194. The van der Waals surface area contributed by atoms with Gasteiger partial charge in [0, 0.05) is 19.1 Å². The van der Waals surface area contributed by atoms with Crippen LogP contribution in [0.2, 0.25) is 0 Å². The Kier molecular flexibility index (Phi) is 3.86.